The Kier molecular flexibility index (Phi) is 7.29. The fourth-order valence-corrected chi connectivity index (χ4v) is 3.32. The van der Waals surface area contributed by atoms with Gasteiger partial charge in [-0.2, -0.15) is 0 Å². The normalized spacial score (nSPS) is 19.3. The first-order valence-electron chi connectivity index (χ1n) is 8.48. The van der Waals surface area contributed by atoms with Gasteiger partial charge < -0.3 is 15.4 Å². The zero-order valence-electron chi connectivity index (χ0n) is 14.2. The number of rotatable bonds is 6. The van der Waals surface area contributed by atoms with Gasteiger partial charge in [-0.15, -0.1) is 12.4 Å². The lowest BCUT2D eigenvalue weighted by Crippen LogP contribution is -2.30. The second-order valence-corrected chi connectivity index (χ2v) is 6.22. The number of nitrogens with zero attached hydrogens (tertiary/aromatic N) is 1. The summed E-state index contributed by atoms with van der Waals surface area (Å²) in [7, 11) is 0. The molecular formula is C20H25ClN2O2. The number of hydrogen-bond donors (Lipinski definition) is 1. The molecule has 0 aliphatic carbocycles. The minimum atomic E-state index is 0. The van der Waals surface area contributed by atoms with Crippen LogP contribution in [0.2, 0.25) is 0 Å². The van der Waals surface area contributed by atoms with E-state index in [4.69, 9.17) is 10.5 Å². The Labute approximate surface area is 155 Å². The maximum absolute atomic E-state index is 12.5. The average Bonchev–Trinajstić information content (AvgIpc) is 3.08. The molecule has 0 bridgehead atoms. The Bertz CT molecular complexity index is 651. The van der Waals surface area contributed by atoms with E-state index in [0.29, 0.717) is 31.4 Å². The van der Waals surface area contributed by atoms with Crippen LogP contribution in [-0.2, 0) is 4.79 Å². The number of nitrogens with two attached hydrogens (primary N) is 1. The highest BCUT2D eigenvalue weighted by Gasteiger charge is 2.34. The standard InChI is InChI=1S/C20H24N2O2.ClH/c21-13-17-14-22(15-19(17)16-7-3-1-4-8-16)20(23)11-12-24-18-9-5-2-6-10-18;/h1-10,17,19H,11-15,21H2;1H/t17-,19+;/m1./s1. The van der Waals surface area contributed by atoms with Crippen molar-refractivity contribution in [1.82, 2.24) is 4.90 Å². The SMILES string of the molecule is Cl.NC[C@@H]1CN(C(=O)CCOc2ccccc2)C[C@H]1c1ccccc1. The van der Waals surface area contributed by atoms with E-state index >= 15 is 0 Å². The largest absolute Gasteiger partial charge is 0.493 e. The number of ether oxygens (including phenoxy) is 1. The van der Waals surface area contributed by atoms with E-state index in [2.05, 4.69) is 12.1 Å². The highest BCUT2D eigenvalue weighted by atomic mass is 35.5. The van der Waals surface area contributed by atoms with E-state index in [0.717, 1.165) is 18.8 Å². The number of amides is 1. The summed E-state index contributed by atoms with van der Waals surface area (Å²) in [4.78, 5) is 14.4. The van der Waals surface area contributed by atoms with Crippen molar-refractivity contribution < 1.29 is 9.53 Å². The molecule has 0 aromatic heterocycles. The maximum Gasteiger partial charge on any atom is 0.226 e. The molecule has 1 heterocycles. The van der Waals surface area contributed by atoms with Crippen LogP contribution >= 0.6 is 12.4 Å². The first-order valence-corrected chi connectivity index (χ1v) is 8.48. The van der Waals surface area contributed by atoms with Crippen molar-refractivity contribution in [3.05, 3.63) is 66.2 Å². The molecule has 1 saturated heterocycles. The lowest BCUT2D eigenvalue weighted by Gasteiger charge is -2.17. The van der Waals surface area contributed by atoms with Gasteiger partial charge in [0.2, 0.25) is 5.91 Å². The molecule has 2 aromatic rings. The van der Waals surface area contributed by atoms with Crippen LogP contribution in [0.5, 0.6) is 5.75 Å². The number of benzene rings is 2. The van der Waals surface area contributed by atoms with Crippen LogP contribution in [0, 0.1) is 5.92 Å². The van der Waals surface area contributed by atoms with Gasteiger partial charge in [0.05, 0.1) is 13.0 Å². The van der Waals surface area contributed by atoms with Crippen molar-refractivity contribution in [3.8, 4) is 5.75 Å². The van der Waals surface area contributed by atoms with Crippen molar-refractivity contribution in [1.29, 1.82) is 0 Å². The molecule has 0 unspecified atom stereocenters. The highest BCUT2D eigenvalue weighted by molar-refractivity contribution is 5.85. The van der Waals surface area contributed by atoms with E-state index in [-0.39, 0.29) is 18.3 Å². The van der Waals surface area contributed by atoms with E-state index < -0.39 is 0 Å². The first kappa shape index (κ1) is 19.3. The molecule has 2 aromatic carbocycles. The van der Waals surface area contributed by atoms with Gasteiger partial charge in [-0.1, -0.05) is 48.5 Å². The molecule has 1 fully saturated rings. The van der Waals surface area contributed by atoms with Gasteiger partial charge in [0.25, 0.3) is 0 Å². The summed E-state index contributed by atoms with van der Waals surface area (Å²) < 4.78 is 5.63. The van der Waals surface area contributed by atoms with Crippen LogP contribution in [0.4, 0.5) is 0 Å². The van der Waals surface area contributed by atoms with Gasteiger partial charge >= 0.3 is 0 Å². The van der Waals surface area contributed by atoms with Crippen LogP contribution in [0.1, 0.15) is 17.9 Å². The Hall–Kier alpha value is -2.04. The van der Waals surface area contributed by atoms with Gasteiger partial charge in [0.1, 0.15) is 5.75 Å². The van der Waals surface area contributed by atoms with Gasteiger partial charge in [0, 0.05) is 19.0 Å². The second kappa shape index (κ2) is 9.44. The Morgan fingerprint density at radius 3 is 2.32 bits per heavy atom. The molecule has 5 heteroatoms. The molecule has 3 rings (SSSR count). The number of likely N-dealkylation sites (tertiary alicyclic amines) is 1. The van der Waals surface area contributed by atoms with Gasteiger partial charge in [0.15, 0.2) is 0 Å². The summed E-state index contributed by atoms with van der Waals surface area (Å²) in [5.74, 6) is 1.60. The van der Waals surface area contributed by atoms with Crippen LogP contribution < -0.4 is 10.5 Å². The highest BCUT2D eigenvalue weighted by Crippen LogP contribution is 2.32. The van der Waals surface area contributed by atoms with Crippen LogP contribution in [-0.4, -0.2) is 37.0 Å². The molecule has 1 aliphatic rings. The molecule has 2 atom stereocenters. The first-order chi connectivity index (χ1) is 11.8. The van der Waals surface area contributed by atoms with Crippen LogP contribution in [0.3, 0.4) is 0 Å². The summed E-state index contributed by atoms with van der Waals surface area (Å²) in [6, 6.07) is 19.9. The van der Waals surface area contributed by atoms with E-state index in [1.807, 2.05) is 53.4 Å². The smallest absolute Gasteiger partial charge is 0.226 e. The number of carbonyl (C=O) groups is 1. The summed E-state index contributed by atoms with van der Waals surface area (Å²) >= 11 is 0. The Morgan fingerprint density at radius 2 is 1.68 bits per heavy atom. The number of halogens is 1. The van der Waals surface area contributed by atoms with Gasteiger partial charge in [-0.25, -0.2) is 0 Å². The lowest BCUT2D eigenvalue weighted by molar-refractivity contribution is -0.130. The zero-order valence-corrected chi connectivity index (χ0v) is 15.0. The molecule has 134 valence electrons. The molecule has 1 amide bonds. The molecule has 1 aliphatic heterocycles. The average molecular weight is 361 g/mol. The maximum atomic E-state index is 12.5. The van der Waals surface area contributed by atoms with Gasteiger partial charge in [-0.3, -0.25) is 4.79 Å². The third kappa shape index (κ3) is 4.97. The van der Waals surface area contributed by atoms with E-state index in [9.17, 15) is 4.79 Å². The Morgan fingerprint density at radius 1 is 1.04 bits per heavy atom. The van der Waals surface area contributed by atoms with Crippen molar-refractivity contribution in [2.24, 2.45) is 11.7 Å². The summed E-state index contributed by atoms with van der Waals surface area (Å²) in [6.07, 6.45) is 0.397. The molecule has 2 N–H and O–H groups in total. The third-order valence-corrected chi connectivity index (χ3v) is 4.65. The van der Waals surface area contributed by atoms with Crippen molar-refractivity contribution >= 4 is 18.3 Å². The molecule has 0 spiro atoms. The predicted molar refractivity (Wildman–Crippen MR) is 102 cm³/mol. The number of hydrogen-bond acceptors (Lipinski definition) is 3. The quantitative estimate of drug-likeness (QED) is 0.861. The minimum absolute atomic E-state index is 0. The molecule has 25 heavy (non-hydrogen) atoms. The van der Waals surface area contributed by atoms with E-state index in [1.54, 1.807) is 0 Å². The molecule has 0 radical (unpaired) electrons. The molecule has 0 saturated carbocycles. The van der Waals surface area contributed by atoms with Crippen LogP contribution in [0.15, 0.2) is 60.7 Å². The van der Waals surface area contributed by atoms with E-state index in [1.165, 1.54) is 5.56 Å². The molecular weight excluding hydrogens is 336 g/mol. The summed E-state index contributed by atoms with van der Waals surface area (Å²) in [5.41, 5.74) is 7.20. The summed E-state index contributed by atoms with van der Waals surface area (Å²) in [6.45, 7) is 2.49. The Balaban J connectivity index is 0.00000225. The number of carbonyl (C=O) groups excluding carboxylic acids is 1. The zero-order chi connectivity index (χ0) is 16.8. The molecule has 4 nitrogen and oxygen atoms in total. The third-order valence-electron chi connectivity index (χ3n) is 4.65. The summed E-state index contributed by atoms with van der Waals surface area (Å²) in [5, 5.41) is 0. The fourth-order valence-electron chi connectivity index (χ4n) is 3.32. The second-order valence-electron chi connectivity index (χ2n) is 6.22. The minimum Gasteiger partial charge on any atom is -0.493 e. The predicted octanol–water partition coefficient (Wildman–Crippen LogP) is 3.08. The van der Waals surface area contributed by atoms with Crippen molar-refractivity contribution in [2.45, 2.75) is 12.3 Å². The fraction of sp³-hybridized carbons (Fsp3) is 0.350. The monoisotopic (exact) mass is 360 g/mol. The van der Waals surface area contributed by atoms with Gasteiger partial charge in [-0.05, 0) is 30.2 Å². The van der Waals surface area contributed by atoms with Crippen molar-refractivity contribution in [3.63, 3.8) is 0 Å². The number of para-hydroxylation sites is 1. The lowest BCUT2D eigenvalue weighted by atomic mass is 9.89. The van der Waals surface area contributed by atoms with Crippen molar-refractivity contribution in [2.75, 3.05) is 26.2 Å². The van der Waals surface area contributed by atoms with Crippen LogP contribution in [0.25, 0.3) is 0 Å². The topological polar surface area (TPSA) is 55.6 Å².